The lowest BCUT2D eigenvalue weighted by atomic mass is 9.90. The second-order valence-corrected chi connectivity index (χ2v) is 3.16. The van der Waals surface area contributed by atoms with Gasteiger partial charge in [0.25, 0.3) is 0 Å². The molecule has 1 saturated carbocycles. The molecule has 0 bridgehead atoms. The van der Waals surface area contributed by atoms with Crippen LogP contribution >= 0.6 is 0 Å². The lowest BCUT2D eigenvalue weighted by molar-refractivity contribution is 0.192. The Bertz CT molecular complexity index is 129. The van der Waals surface area contributed by atoms with Gasteiger partial charge in [-0.1, -0.05) is 0 Å². The third kappa shape index (κ3) is 0.935. The molecular formula is C7H13FN2. The topological polar surface area (TPSA) is 24.1 Å². The van der Waals surface area contributed by atoms with Crippen LogP contribution in [0, 0.1) is 0 Å². The normalized spacial score (nSPS) is 47.1. The van der Waals surface area contributed by atoms with Crippen molar-refractivity contribution in [3.05, 3.63) is 0 Å². The van der Waals surface area contributed by atoms with Gasteiger partial charge >= 0.3 is 0 Å². The van der Waals surface area contributed by atoms with Crippen LogP contribution in [0.2, 0.25) is 0 Å². The number of hydrogen-bond acceptors (Lipinski definition) is 2. The predicted molar refractivity (Wildman–Crippen MR) is 37.5 cm³/mol. The van der Waals surface area contributed by atoms with Gasteiger partial charge in [0.05, 0.1) is 6.04 Å². The van der Waals surface area contributed by atoms with Crippen molar-refractivity contribution in [1.82, 2.24) is 10.6 Å². The van der Waals surface area contributed by atoms with E-state index >= 15 is 0 Å². The third-order valence-electron chi connectivity index (χ3n) is 2.52. The van der Waals surface area contributed by atoms with Crippen LogP contribution in [0.4, 0.5) is 4.39 Å². The van der Waals surface area contributed by atoms with Crippen molar-refractivity contribution in [3.8, 4) is 0 Å². The van der Waals surface area contributed by atoms with Crippen LogP contribution in [0.5, 0.6) is 0 Å². The summed E-state index contributed by atoms with van der Waals surface area (Å²) < 4.78 is 13.0. The van der Waals surface area contributed by atoms with Crippen LogP contribution < -0.4 is 10.6 Å². The molecule has 3 atom stereocenters. The van der Waals surface area contributed by atoms with Crippen LogP contribution in [0.15, 0.2) is 0 Å². The zero-order valence-electron chi connectivity index (χ0n) is 5.94. The molecule has 2 aliphatic rings. The van der Waals surface area contributed by atoms with Crippen LogP contribution in [0.3, 0.4) is 0 Å². The first-order chi connectivity index (χ1) is 4.88. The minimum Gasteiger partial charge on any atom is -0.300 e. The van der Waals surface area contributed by atoms with E-state index in [1.807, 2.05) is 0 Å². The van der Waals surface area contributed by atoms with Crippen LogP contribution in [-0.4, -0.2) is 24.9 Å². The average Bonchev–Trinajstić information content (AvgIpc) is 2.36. The van der Waals surface area contributed by atoms with Gasteiger partial charge in [0.1, 0.15) is 6.17 Å². The smallest absolute Gasteiger partial charge is 0.117 e. The second kappa shape index (κ2) is 2.47. The van der Waals surface area contributed by atoms with E-state index in [4.69, 9.17) is 0 Å². The van der Waals surface area contributed by atoms with Crippen molar-refractivity contribution < 1.29 is 4.39 Å². The molecule has 58 valence electrons. The van der Waals surface area contributed by atoms with E-state index in [0.29, 0.717) is 6.04 Å². The van der Waals surface area contributed by atoms with E-state index in [0.717, 1.165) is 25.9 Å². The molecule has 2 fully saturated rings. The summed E-state index contributed by atoms with van der Waals surface area (Å²) in [5.41, 5.74) is 0. The van der Waals surface area contributed by atoms with E-state index < -0.39 is 6.17 Å². The van der Waals surface area contributed by atoms with E-state index in [1.165, 1.54) is 0 Å². The Morgan fingerprint density at radius 1 is 1.20 bits per heavy atom. The molecule has 2 nitrogen and oxygen atoms in total. The summed E-state index contributed by atoms with van der Waals surface area (Å²) >= 11 is 0. The molecule has 2 rings (SSSR count). The minimum absolute atomic E-state index is 0.105. The number of nitrogens with one attached hydrogen (secondary N) is 2. The van der Waals surface area contributed by atoms with E-state index in [1.54, 1.807) is 0 Å². The highest BCUT2D eigenvalue weighted by molar-refractivity contribution is 4.95. The molecule has 1 saturated heterocycles. The molecule has 10 heavy (non-hydrogen) atoms. The fourth-order valence-corrected chi connectivity index (χ4v) is 1.95. The molecule has 2 N–H and O–H groups in total. The molecule has 0 aromatic rings. The van der Waals surface area contributed by atoms with Gasteiger partial charge in [0.15, 0.2) is 0 Å². The molecule has 0 amide bonds. The van der Waals surface area contributed by atoms with E-state index in [2.05, 4.69) is 10.6 Å². The van der Waals surface area contributed by atoms with Crippen LogP contribution in [0.1, 0.15) is 19.3 Å². The third-order valence-corrected chi connectivity index (χ3v) is 2.52. The first kappa shape index (κ1) is 6.55. The largest absolute Gasteiger partial charge is 0.300 e. The summed E-state index contributed by atoms with van der Waals surface area (Å²) in [7, 11) is 0. The standard InChI is InChI=1S/C7H13FN2/c8-5-2-1-3-6-7(5)10-4-9-6/h5-7,9-10H,1-4H2. The molecule has 1 aliphatic carbocycles. The number of hydrogen-bond donors (Lipinski definition) is 2. The van der Waals surface area contributed by atoms with Gasteiger partial charge in [0.2, 0.25) is 0 Å². The predicted octanol–water partition coefficient (Wildman–Crippen LogP) is 0.396. The summed E-state index contributed by atoms with van der Waals surface area (Å²) in [6.45, 7) is 0.787. The lowest BCUT2D eigenvalue weighted by Gasteiger charge is -2.27. The fourth-order valence-electron chi connectivity index (χ4n) is 1.95. The molecule has 1 aliphatic heterocycles. The Morgan fingerprint density at radius 3 is 2.90 bits per heavy atom. The van der Waals surface area contributed by atoms with E-state index in [9.17, 15) is 4.39 Å². The lowest BCUT2D eigenvalue weighted by Crippen LogP contribution is -2.44. The van der Waals surface area contributed by atoms with Gasteiger partial charge in [-0.25, -0.2) is 4.39 Å². The summed E-state index contributed by atoms with van der Waals surface area (Å²) in [5.74, 6) is 0. The average molecular weight is 144 g/mol. The zero-order chi connectivity index (χ0) is 6.97. The fraction of sp³-hybridized carbons (Fsp3) is 1.00. The highest BCUT2D eigenvalue weighted by atomic mass is 19.1. The highest BCUT2D eigenvalue weighted by Gasteiger charge is 2.35. The Kier molecular flexibility index (Phi) is 1.62. The van der Waals surface area contributed by atoms with E-state index in [-0.39, 0.29) is 6.04 Å². The minimum atomic E-state index is -0.617. The molecule has 1 heterocycles. The Balaban J connectivity index is 2.03. The molecule has 0 aromatic carbocycles. The summed E-state index contributed by atoms with van der Waals surface area (Å²) in [6.07, 6.45) is 2.30. The highest BCUT2D eigenvalue weighted by Crippen LogP contribution is 2.23. The SMILES string of the molecule is FC1CCCC2NCNC12. The number of fused-ring (bicyclic) bond motifs is 1. The zero-order valence-corrected chi connectivity index (χ0v) is 5.94. The molecule has 3 heteroatoms. The Hall–Kier alpha value is -0.150. The van der Waals surface area contributed by atoms with Gasteiger partial charge in [-0.2, -0.15) is 0 Å². The maximum atomic E-state index is 13.0. The number of rotatable bonds is 0. The van der Waals surface area contributed by atoms with Crippen molar-refractivity contribution in [2.45, 2.75) is 37.5 Å². The van der Waals surface area contributed by atoms with Crippen molar-refractivity contribution >= 4 is 0 Å². The summed E-state index contributed by atoms with van der Waals surface area (Å²) in [5, 5.41) is 6.36. The summed E-state index contributed by atoms with van der Waals surface area (Å²) in [6, 6.07) is 0.512. The first-order valence-corrected chi connectivity index (χ1v) is 3.99. The van der Waals surface area contributed by atoms with Crippen molar-refractivity contribution in [2.75, 3.05) is 6.67 Å². The molecular weight excluding hydrogens is 131 g/mol. The first-order valence-electron chi connectivity index (χ1n) is 3.99. The van der Waals surface area contributed by atoms with Gasteiger partial charge in [-0.05, 0) is 19.3 Å². The van der Waals surface area contributed by atoms with Crippen molar-refractivity contribution in [2.24, 2.45) is 0 Å². The maximum absolute atomic E-state index is 13.0. The number of alkyl halides is 1. The van der Waals surface area contributed by atoms with Crippen LogP contribution in [-0.2, 0) is 0 Å². The molecule has 0 spiro atoms. The quantitative estimate of drug-likeness (QED) is 0.514. The Morgan fingerprint density at radius 2 is 2.10 bits per heavy atom. The van der Waals surface area contributed by atoms with Crippen LogP contribution in [0.25, 0.3) is 0 Å². The molecule has 3 unspecified atom stereocenters. The van der Waals surface area contributed by atoms with Gasteiger partial charge in [-0.15, -0.1) is 0 Å². The van der Waals surface area contributed by atoms with Crippen molar-refractivity contribution in [1.29, 1.82) is 0 Å². The molecule has 0 radical (unpaired) electrons. The Labute approximate surface area is 60.2 Å². The van der Waals surface area contributed by atoms with Gasteiger partial charge in [-0.3, -0.25) is 5.32 Å². The monoisotopic (exact) mass is 144 g/mol. The van der Waals surface area contributed by atoms with Gasteiger partial charge < -0.3 is 5.32 Å². The van der Waals surface area contributed by atoms with Gasteiger partial charge in [0, 0.05) is 12.7 Å². The van der Waals surface area contributed by atoms with Crippen molar-refractivity contribution in [3.63, 3.8) is 0 Å². The number of halogens is 1. The second-order valence-electron chi connectivity index (χ2n) is 3.16. The maximum Gasteiger partial charge on any atom is 0.117 e. The molecule has 0 aromatic heterocycles. The summed E-state index contributed by atoms with van der Waals surface area (Å²) in [4.78, 5) is 0.